The maximum atomic E-state index is 14.0. The number of rotatable bonds is 9. The number of non-ortho nitro benzene ring substituents is 1. The van der Waals surface area contributed by atoms with Gasteiger partial charge in [-0.1, -0.05) is 68.4 Å². The molecule has 2 aliphatic rings. The Labute approximate surface area is 296 Å². The van der Waals surface area contributed by atoms with Crippen LogP contribution in [0.25, 0.3) is 10.8 Å². The van der Waals surface area contributed by atoms with Gasteiger partial charge in [-0.2, -0.15) is 0 Å². The summed E-state index contributed by atoms with van der Waals surface area (Å²) in [4.78, 5) is 80.4. The number of amides is 5. The average molecular weight is 700 g/mol. The first-order valence-corrected chi connectivity index (χ1v) is 17.4. The van der Waals surface area contributed by atoms with Crippen molar-refractivity contribution < 1.29 is 28.9 Å². The van der Waals surface area contributed by atoms with E-state index in [-0.39, 0.29) is 44.0 Å². The van der Waals surface area contributed by atoms with Crippen LogP contribution >= 0.6 is 0 Å². The molecule has 14 nitrogen and oxygen atoms in total. The van der Waals surface area contributed by atoms with Gasteiger partial charge in [-0.15, -0.1) is 0 Å². The molecule has 2 saturated heterocycles. The minimum atomic E-state index is -1.11. The molecule has 3 aromatic carbocycles. The second-order valence-electron chi connectivity index (χ2n) is 13.7. The number of nitrogens with one attached hydrogen (secondary N) is 4. The Morgan fingerprint density at radius 1 is 0.922 bits per heavy atom. The first kappa shape index (κ1) is 36.9. The Hall–Kier alpha value is -5.37. The number of carbonyl (C=O) groups is 5. The molecule has 5 amide bonds. The Balaban J connectivity index is 1.38. The van der Waals surface area contributed by atoms with Crippen molar-refractivity contribution >= 4 is 46.0 Å². The highest BCUT2D eigenvalue weighted by Crippen LogP contribution is 2.22. The van der Waals surface area contributed by atoms with Crippen molar-refractivity contribution in [2.24, 2.45) is 11.7 Å². The van der Waals surface area contributed by atoms with E-state index >= 15 is 0 Å². The molecular weight excluding hydrogens is 654 g/mol. The first-order chi connectivity index (χ1) is 24.4. The largest absolute Gasteiger partial charge is 0.354 e. The van der Waals surface area contributed by atoms with E-state index in [2.05, 4.69) is 21.3 Å². The SMILES string of the molecule is CC(C)C[C@@H]1NC(=O)[C@H](Cc2ccc3ccccc3c2)NC(=O)[C@@H]2CCCN2C(=O)[C@H](NC(=O)[C@@H](N)Cc2ccc([N+](=O)[O-])cc2)CCNC1=O. The third-order valence-electron chi connectivity index (χ3n) is 9.35. The van der Waals surface area contributed by atoms with Crippen molar-refractivity contribution in [1.82, 2.24) is 26.2 Å². The molecule has 2 aliphatic heterocycles. The van der Waals surface area contributed by atoms with Gasteiger partial charge in [-0.05, 0) is 59.9 Å². The van der Waals surface area contributed by atoms with Crippen molar-refractivity contribution in [2.75, 3.05) is 13.1 Å². The fourth-order valence-electron chi connectivity index (χ4n) is 6.66. The van der Waals surface area contributed by atoms with Gasteiger partial charge in [0.2, 0.25) is 29.5 Å². The minimum Gasteiger partial charge on any atom is -0.354 e. The zero-order valence-corrected chi connectivity index (χ0v) is 28.8. The summed E-state index contributed by atoms with van der Waals surface area (Å²) in [7, 11) is 0. The van der Waals surface area contributed by atoms with Crippen molar-refractivity contribution in [1.29, 1.82) is 0 Å². The number of fused-ring (bicyclic) bond motifs is 2. The van der Waals surface area contributed by atoms with Gasteiger partial charge in [0, 0.05) is 31.6 Å². The summed E-state index contributed by atoms with van der Waals surface area (Å²) >= 11 is 0. The molecule has 5 atom stereocenters. The maximum absolute atomic E-state index is 14.0. The predicted octanol–water partition coefficient (Wildman–Crippen LogP) is 1.87. The van der Waals surface area contributed by atoms with E-state index in [1.54, 1.807) is 0 Å². The van der Waals surface area contributed by atoms with Crippen LogP contribution in [0, 0.1) is 16.0 Å². The monoisotopic (exact) mass is 699 g/mol. The topological polar surface area (TPSA) is 206 Å². The molecule has 2 fully saturated rings. The van der Waals surface area contributed by atoms with E-state index in [1.165, 1.54) is 29.2 Å². The Kier molecular flexibility index (Phi) is 12.0. The summed E-state index contributed by atoms with van der Waals surface area (Å²) in [6.07, 6.45) is 1.48. The number of carbonyl (C=O) groups excluding carboxylic acids is 5. The molecule has 0 radical (unpaired) electrons. The van der Waals surface area contributed by atoms with E-state index in [0.29, 0.717) is 24.8 Å². The van der Waals surface area contributed by atoms with E-state index in [9.17, 15) is 34.1 Å². The highest BCUT2D eigenvalue weighted by Gasteiger charge is 2.40. The summed E-state index contributed by atoms with van der Waals surface area (Å²) in [5, 5.41) is 24.3. The van der Waals surface area contributed by atoms with Crippen LogP contribution in [-0.2, 0) is 36.8 Å². The number of hydrogen-bond acceptors (Lipinski definition) is 8. The maximum Gasteiger partial charge on any atom is 0.269 e. The van der Waals surface area contributed by atoms with Crippen LogP contribution in [0.2, 0.25) is 0 Å². The standard InChI is InChI=1S/C37H45N7O7/c1-22(2)18-30-34(46)39-16-15-29(40-33(45)28(38)20-23-10-13-27(14-11-23)44(50)51)37(49)43-17-5-8-32(43)36(48)42-31(35(47)41-30)21-24-9-12-25-6-3-4-7-26(25)19-24/h3-4,6-7,9-14,19,22,28-32H,5,8,15-18,20-21,38H2,1-2H3,(H,39,46)(H,40,45)(H,41,47)(H,42,48)/t28-,29+,30-,31-,32-/m0/s1. The van der Waals surface area contributed by atoms with Gasteiger partial charge in [0.1, 0.15) is 24.2 Å². The van der Waals surface area contributed by atoms with Gasteiger partial charge >= 0.3 is 0 Å². The molecule has 0 saturated carbocycles. The number of nitrogens with two attached hydrogens (primary N) is 1. The van der Waals surface area contributed by atoms with Crippen molar-refractivity contribution in [3.8, 4) is 0 Å². The van der Waals surface area contributed by atoms with E-state index < -0.39 is 64.7 Å². The molecule has 0 unspecified atom stereocenters. The predicted molar refractivity (Wildman–Crippen MR) is 190 cm³/mol. The van der Waals surface area contributed by atoms with Crippen molar-refractivity contribution in [3.63, 3.8) is 0 Å². The second kappa shape index (κ2) is 16.6. The second-order valence-corrected chi connectivity index (χ2v) is 13.7. The molecule has 270 valence electrons. The Morgan fingerprint density at radius 3 is 2.31 bits per heavy atom. The molecule has 0 aliphatic carbocycles. The molecule has 6 N–H and O–H groups in total. The van der Waals surface area contributed by atoms with E-state index in [4.69, 9.17) is 5.73 Å². The van der Waals surface area contributed by atoms with Crippen LogP contribution in [-0.4, -0.2) is 82.7 Å². The van der Waals surface area contributed by atoms with Crippen LogP contribution in [0.15, 0.2) is 66.7 Å². The van der Waals surface area contributed by atoms with Crippen LogP contribution < -0.4 is 27.0 Å². The fraction of sp³-hybridized carbons (Fsp3) is 0.432. The highest BCUT2D eigenvalue weighted by atomic mass is 16.6. The Bertz CT molecular complexity index is 1780. The number of hydrogen-bond donors (Lipinski definition) is 5. The third kappa shape index (κ3) is 9.45. The summed E-state index contributed by atoms with van der Waals surface area (Å²) in [5.74, 6) is -2.52. The van der Waals surface area contributed by atoms with E-state index in [1.807, 2.05) is 56.3 Å². The molecule has 14 heteroatoms. The molecule has 51 heavy (non-hydrogen) atoms. The number of nitrogens with zero attached hydrogens (tertiary/aromatic N) is 2. The molecule has 0 aromatic heterocycles. The lowest BCUT2D eigenvalue weighted by atomic mass is 9.99. The average Bonchev–Trinajstić information content (AvgIpc) is 3.60. The van der Waals surface area contributed by atoms with Crippen LogP contribution in [0.5, 0.6) is 0 Å². The zero-order chi connectivity index (χ0) is 36.7. The molecule has 2 heterocycles. The van der Waals surface area contributed by atoms with Gasteiger partial charge < -0.3 is 31.9 Å². The van der Waals surface area contributed by atoms with Crippen LogP contribution in [0.3, 0.4) is 0 Å². The molecule has 0 bridgehead atoms. The third-order valence-corrected chi connectivity index (χ3v) is 9.35. The van der Waals surface area contributed by atoms with Gasteiger partial charge in [0.15, 0.2) is 0 Å². The van der Waals surface area contributed by atoms with Crippen LogP contribution in [0.1, 0.15) is 50.7 Å². The lowest BCUT2D eigenvalue weighted by molar-refractivity contribution is -0.384. The summed E-state index contributed by atoms with van der Waals surface area (Å²) in [6.45, 7) is 4.13. The molecule has 0 spiro atoms. The van der Waals surface area contributed by atoms with E-state index in [0.717, 1.165) is 16.3 Å². The van der Waals surface area contributed by atoms with Crippen molar-refractivity contribution in [3.05, 3.63) is 88.0 Å². The zero-order valence-electron chi connectivity index (χ0n) is 28.8. The molecular formula is C37H45N7O7. The van der Waals surface area contributed by atoms with Crippen LogP contribution in [0.4, 0.5) is 5.69 Å². The lowest BCUT2D eigenvalue weighted by Gasteiger charge is -2.31. The summed E-state index contributed by atoms with van der Waals surface area (Å²) in [5.41, 5.74) is 7.53. The van der Waals surface area contributed by atoms with Gasteiger partial charge in [0.25, 0.3) is 5.69 Å². The summed E-state index contributed by atoms with van der Waals surface area (Å²) < 4.78 is 0. The normalized spacial score (nSPS) is 22.4. The quantitative estimate of drug-likeness (QED) is 0.164. The van der Waals surface area contributed by atoms with Crippen molar-refractivity contribution in [2.45, 2.75) is 82.6 Å². The van der Waals surface area contributed by atoms with Gasteiger partial charge in [0.05, 0.1) is 11.0 Å². The summed E-state index contributed by atoms with van der Waals surface area (Å²) in [6, 6.07) is 14.3. The lowest BCUT2D eigenvalue weighted by Crippen LogP contribution is -2.60. The number of nitro benzene ring substituents is 1. The fourth-order valence-corrected chi connectivity index (χ4v) is 6.66. The Morgan fingerprint density at radius 2 is 1.61 bits per heavy atom. The first-order valence-electron chi connectivity index (χ1n) is 17.4. The van der Waals surface area contributed by atoms with Gasteiger partial charge in [-0.3, -0.25) is 34.1 Å². The number of benzene rings is 3. The molecule has 5 rings (SSSR count). The highest BCUT2D eigenvalue weighted by molar-refractivity contribution is 5.96. The number of nitro groups is 1. The van der Waals surface area contributed by atoms with Gasteiger partial charge in [-0.25, -0.2) is 0 Å². The smallest absolute Gasteiger partial charge is 0.269 e. The minimum absolute atomic E-state index is 0.00278. The molecule has 3 aromatic rings.